The third kappa shape index (κ3) is 5.82. The first-order valence-corrected chi connectivity index (χ1v) is 14.9. The summed E-state index contributed by atoms with van der Waals surface area (Å²) in [5.41, 5.74) is 4.30. The number of nitrogens with one attached hydrogen (secondary N) is 1. The Morgan fingerprint density at radius 2 is 1.72 bits per heavy atom. The number of hydrogen-bond donors (Lipinski definition) is 1. The van der Waals surface area contributed by atoms with Gasteiger partial charge in [-0.15, -0.1) is 0 Å². The van der Waals surface area contributed by atoms with Gasteiger partial charge in [0, 0.05) is 66.7 Å². The molecule has 6 rings (SSSR count). The van der Waals surface area contributed by atoms with Gasteiger partial charge in [-0.2, -0.15) is 0 Å². The summed E-state index contributed by atoms with van der Waals surface area (Å²) in [6, 6.07) is 21.2. The maximum absolute atomic E-state index is 14.0. The van der Waals surface area contributed by atoms with Gasteiger partial charge in [-0.25, -0.2) is 0 Å². The zero-order chi connectivity index (χ0) is 30.3. The summed E-state index contributed by atoms with van der Waals surface area (Å²) in [5.74, 6) is -0.0780. The molecular formula is C33H34ClN5O4. The molecule has 2 heterocycles. The summed E-state index contributed by atoms with van der Waals surface area (Å²) in [7, 11) is 0. The second-order valence-corrected chi connectivity index (χ2v) is 12.6. The van der Waals surface area contributed by atoms with Gasteiger partial charge < -0.3 is 20.0 Å². The lowest BCUT2D eigenvalue weighted by molar-refractivity contribution is -0.384. The lowest BCUT2D eigenvalue weighted by Crippen LogP contribution is -2.52. The number of rotatable bonds is 5. The van der Waals surface area contributed by atoms with Crippen molar-refractivity contribution in [2.75, 3.05) is 47.8 Å². The Kier molecular flexibility index (Phi) is 7.60. The van der Waals surface area contributed by atoms with Crippen molar-refractivity contribution in [2.45, 2.75) is 32.7 Å². The van der Waals surface area contributed by atoms with Crippen molar-refractivity contribution in [3.63, 3.8) is 0 Å². The number of halogens is 1. The highest BCUT2D eigenvalue weighted by molar-refractivity contribution is 6.30. The zero-order valence-electron chi connectivity index (χ0n) is 24.3. The first-order valence-electron chi connectivity index (χ1n) is 14.5. The van der Waals surface area contributed by atoms with E-state index in [1.165, 1.54) is 12.1 Å². The molecule has 1 aliphatic carbocycles. The first-order chi connectivity index (χ1) is 20.6. The molecule has 1 saturated heterocycles. The number of hydrogen-bond acceptors (Lipinski definition) is 7. The van der Waals surface area contributed by atoms with Crippen LogP contribution in [0.2, 0.25) is 5.02 Å². The summed E-state index contributed by atoms with van der Waals surface area (Å²) in [4.78, 5) is 45.3. The van der Waals surface area contributed by atoms with Crippen LogP contribution < -0.4 is 15.1 Å². The minimum Gasteiger partial charge on any atom is -0.368 e. The lowest BCUT2D eigenvalue weighted by atomic mass is 9.73. The topological polar surface area (TPSA) is 99.0 Å². The van der Waals surface area contributed by atoms with E-state index >= 15 is 0 Å². The third-order valence-electron chi connectivity index (χ3n) is 8.53. The van der Waals surface area contributed by atoms with Crippen LogP contribution in [-0.2, 0) is 9.59 Å². The molecule has 1 unspecified atom stereocenters. The second kappa shape index (κ2) is 11.4. The van der Waals surface area contributed by atoms with E-state index in [9.17, 15) is 19.7 Å². The third-order valence-corrected chi connectivity index (χ3v) is 8.78. The number of ketones is 1. The van der Waals surface area contributed by atoms with Gasteiger partial charge in [0.1, 0.15) is 0 Å². The van der Waals surface area contributed by atoms with Crippen LogP contribution in [0.4, 0.5) is 22.7 Å². The molecule has 10 heteroatoms. The number of nitrogens with zero attached hydrogens (tertiary/aromatic N) is 4. The average Bonchev–Trinajstić information content (AvgIpc) is 3.11. The quantitative estimate of drug-likeness (QED) is 0.275. The molecule has 0 spiro atoms. The summed E-state index contributed by atoms with van der Waals surface area (Å²) < 4.78 is 0. The van der Waals surface area contributed by atoms with Crippen molar-refractivity contribution < 1.29 is 14.5 Å². The van der Waals surface area contributed by atoms with E-state index in [-0.39, 0.29) is 29.3 Å². The number of allylic oxidation sites excluding steroid dienone is 1. The van der Waals surface area contributed by atoms with Gasteiger partial charge in [-0.1, -0.05) is 49.7 Å². The van der Waals surface area contributed by atoms with E-state index in [1.54, 1.807) is 6.07 Å². The molecule has 0 aromatic heterocycles. The minimum absolute atomic E-state index is 0.0143. The molecular weight excluding hydrogens is 566 g/mol. The number of benzene rings is 3. The molecule has 1 fully saturated rings. The lowest BCUT2D eigenvalue weighted by Gasteiger charge is -2.40. The number of piperazine rings is 1. The van der Waals surface area contributed by atoms with E-state index in [1.807, 2.05) is 64.4 Å². The number of carbonyl (C=O) groups is 2. The highest BCUT2D eigenvalue weighted by Crippen LogP contribution is 2.48. The molecule has 3 aromatic rings. The number of Topliss-reactive ketones (excluding diaryl/α,β-unsaturated/α-hetero) is 1. The summed E-state index contributed by atoms with van der Waals surface area (Å²) in [6.45, 7) is 6.63. The number of para-hydroxylation sites is 2. The Balaban J connectivity index is 1.37. The highest BCUT2D eigenvalue weighted by atomic mass is 35.5. The van der Waals surface area contributed by atoms with Gasteiger partial charge in [0.15, 0.2) is 5.78 Å². The van der Waals surface area contributed by atoms with Crippen LogP contribution in [0.25, 0.3) is 0 Å². The fourth-order valence-corrected chi connectivity index (χ4v) is 6.62. The van der Waals surface area contributed by atoms with Crippen molar-refractivity contribution >= 4 is 46.0 Å². The number of anilines is 3. The Labute approximate surface area is 255 Å². The fourth-order valence-electron chi connectivity index (χ4n) is 6.49. The van der Waals surface area contributed by atoms with Crippen LogP contribution in [0, 0.1) is 15.5 Å². The molecule has 2 aliphatic heterocycles. The van der Waals surface area contributed by atoms with E-state index in [0.717, 1.165) is 22.8 Å². The van der Waals surface area contributed by atoms with Crippen LogP contribution in [0.3, 0.4) is 0 Å². The average molecular weight is 600 g/mol. The molecule has 43 heavy (non-hydrogen) atoms. The Bertz CT molecular complexity index is 1610. The first kappa shape index (κ1) is 28.7. The summed E-state index contributed by atoms with van der Waals surface area (Å²) in [6.07, 6.45) is 0.992. The number of carbonyl (C=O) groups excluding carboxylic acids is 2. The van der Waals surface area contributed by atoms with Crippen LogP contribution in [0.15, 0.2) is 84.1 Å². The van der Waals surface area contributed by atoms with E-state index in [2.05, 4.69) is 24.1 Å². The normalized spacial score (nSPS) is 19.7. The SMILES string of the molecule is CC1(C)CC(=O)C2=C(C1)Nc1ccccc1N(CC(=O)N1CCN(c3ccc(Cl)cc3)CC1)C2c1cccc([N+](=O)[O-])c1. The predicted octanol–water partition coefficient (Wildman–Crippen LogP) is 6.21. The van der Waals surface area contributed by atoms with E-state index in [0.29, 0.717) is 55.2 Å². The van der Waals surface area contributed by atoms with Gasteiger partial charge >= 0.3 is 0 Å². The maximum Gasteiger partial charge on any atom is 0.269 e. The smallest absolute Gasteiger partial charge is 0.269 e. The standard InChI is InChI=1S/C33H34ClN5O4/c1-33(2)19-27-31(29(40)20-33)32(22-6-5-7-25(18-22)39(42)43)38(28-9-4-3-8-26(28)35-27)21-30(41)37-16-14-36(15-17-37)24-12-10-23(34)11-13-24/h3-13,18,32,35H,14-17,19-21H2,1-2H3. The number of non-ortho nitro benzene ring substituents is 1. The van der Waals surface area contributed by atoms with E-state index < -0.39 is 11.0 Å². The van der Waals surface area contributed by atoms with Gasteiger partial charge in [0.2, 0.25) is 5.91 Å². The summed E-state index contributed by atoms with van der Waals surface area (Å²) in [5, 5.41) is 16.0. The molecule has 1 amide bonds. The minimum atomic E-state index is -0.672. The Morgan fingerprint density at radius 1 is 1.00 bits per heavy atom. The molecule has 9 nitrogen and oxygen atoms in total. The fraction of sp³-hybridized carbons (Fsp3) is 0.333. The predicted molar refractivity (Wildman–Crippen MR) is 169 cm³/mol. The van der Waals surface area contributed by atoms with Gasteiger partial charge in [-0.3, -0.25) is 19.7 Å². The van der Waals surface area contributed by atoms with Crippen LogP contribution in [0.1, 0.15) is 38.3 Å². The maximum atomic E-state index is 14.0. The molecule has 222 valence electrons. The monoisotopic (exact) mass is 599 g/mol. The largest absolute Gasteiger partial charge is 0.368 e. The number of nitro groups is 1. The van der Waals surface area contributed by atoms with Crippen molar-refractivity contribution in [3.8, 4) is 0 Å². The molecule has 0 radical (unpaired) electrons. The van der Waals surface area contributed by atoms with Crippen molar-refractivity contribution in [1.82, 2.24) is 4.90 Å². The zero-order valence-corrected chi connectivity index (χ0v) is 25.0. The van der Waals surface area contributed by atoms with E-state index in [4.69, 9.17) is 11.6 Å². The summed E-state index contributed by atoms with van der Waals surface area (Å²) >= 11 is 6.06. The Hall–Kier alpha value is -4.37. The number of fused-ring (bicyclic) bond motifs is 1. The molecule has 0 bridgehead atoms. The van der Waals surface area contributed by atoms with Gasteiger partial charge in [0.05, 0.1) is 28.9 Å². The van der Waals surface area contributed by atoms with Crippen LogP contribution in [0.5, 0.6) is 0 Å². The molecule has 3 aliphatic rings. The molecule has 3 aromatic carbocycles. The van der Waals surface area contributed by atoms with Gasteiger partial charge in [-0.05, 0) is 53.8 Å². The van der Waals surface area contributed by atoms with Crippen molar-refractivity contribution in [2.24, 2.45) is 5.41 Å². The number of nitro benzene ring substituents is 1. The van der Waals surface area contributed by atoms with Crippen molar-refractivity contribution in [3.05, 3.63) is 105 Å². The van der Waals surface area contributed by atoms with Crippen LogP contribution in [-0.4, -0.2) is 54.2 Å². The molecule has 0 saturated carbocycles. The van der Waals surface area contributed by atoms with Gasteiger partial charge in [0.25, 0.3) is 5.69 Å². The highest BCUT2D eigenvalue weighted by Gasteiger charge is 2.42. The van der Waals surface area contributed by atoms with Crippen molar-refractivity contribution in [1.29, 1.82) is 0 Å². The Morgan fingerprint density at radius 3 is 2.44 bits per heavy atom. The molecule has 1 N–H and O–H groups in total. The molecule has 1 atom stereocenters. The second-order valence-electron chi connectivity index (χ2n) is 12.2. The van der Waals surface area contributed by atoms with Crippen LogP contribution >= 0.6 is 11.6 Å². The number of amides is 1.